The highest BCUT2D eigenvalue weighted by Crippen LogP contribution is 2.17. The topological polar surface area (TPSA) is 57.5 Å². The average Bonchev–Trinajstić information content (AvgIpc) is 3.47. The maximum atomic E-state index is 14.6. The smallest absolute Gasteiger partial charge is 0.191 e. The van der Waals surface area contributed by atoms with Crippen molar-refractivity contribution in [1.29, 1.82) is 0 Å². The van der Waals surface area contributed by atoms with Crippen molar-refractivity contribution in [2.45, 2.75) is 39.4 Å². The van der Waals surface area contributed by atoms with E-state index in [1.54, 1.807) is 36.1 Å². The van der Waals surface area contributed by atoms with Crippen LogP contribution in [0.3, 0.4) is 0 Å². The van der Waals surface area contributed by atoms with E-state index < -0.39 is 0 Å². The highest BCUT2D eigenvalue weighted by atomic mass is 127. The summed E-state index contributed by atoms with van der Waals surface area (Å²) >= 11 is 0. The average molecular weight is 562 g/mol. The number of aromatic nitrogens is 2. The molecule has 1 saturated heterocycles. The molecule has 4 rings (SSSR count). The molecule has 1 aliphatic rings. The minimum atomic E-state index is -0.276. The van der Waals surface area contributed by atoms with Crippen molar-refractivity contribution in [3.05, 3.63) is 83.2 Å². The van der Waals surface area contributed by atoms with Gasteiger partial charge in [-0.05, 0) is 61.7 Å². The van der Waals surface area contributed by atoms with Crippen LogP contribution >= 0.6 is 24.0 Å². The second-order valence-electron chi connectivity index (χ2n) is 8.21. The number of benzene rings is 2. The second kappa shape index (κ2) is 12.1. The first-order valence-electron chi connectivity index (χ1n) is 11.2. The Morgan fingerprint density at radius 1 is 1.00 bits per heavy atom. The van der Waals surface area contributed by atoms with Gasteiger partial charge >= 0.3 is 0 Å². The van der Waals surface area contributed by atoms with Crippen molar-refractivity contribution in [3.63, 3.8) is 0 Å². The second-order valence-corrected chi connectivity index (χ2v) is 8.21. The highest BCUT2D eigenvalue weighted by Gasteiger charge is 2.11. The van der Waals surface area contributed by atoms with E-state index in [2.05, 4.69) is 49.8 Å². The van der Waals surface area contributed by atoms with Crippen LogP contribution in [0.1, 0.15) is 35.4 Å². The number of rotatable bonds is 7. The molecule has 0 unspecified atom stereocenters. The predicted molar refractivity (Wildman–Crippen MR) is 142 cm³/mol. The zero-order valence-corrected chi connectivity index (χ0v) is 21.6. The molecule has 2 heterocycles. The number of hydrogen-bond acceptors (Lipinski definition) is 3. The number of imidazole rings is 1. The highest BCUT2D eigenvalue weighted by molar-refractivity contribution is 14.0. The summed E-state index contributed by atoms with van der Waals surface area (Å²) in [6, 6.07) is 14.0. The summed E-state index contributed by atoms with van der Waals surface area (Å²) in [6.07, 6.45) is 6.06. The van der Waals surface area contributed by atoms with Crippen molar-refractivity contribution in [2.24, 2.45) is 4.99 Å². The van der Waals surface area contributed by atoms with Gasteiger partial charge in [0.15, 0.2) is 5.96 Å². The normalized spacial score (nSPS) is 14.2. The van der Waals surface area contributed by atoms with Crippen LogP contribution in [-0.2, 0) is 19.6 Å². The summed E-state index contributed by atoms with van der Waals surface area (Å²) in [5.41, 5.74) is 3.90. The van der Waals surface area contributed by atoms with E-state index in [-0.39, 0.29) is 29.8 Å². The standard InChI is InChI=1S/C25H31FN6.HI/c1-19-28-11-14-32(19)24-10-9-22(15-23(24)26)17-30-25(27-2)29-16-20-5-7-21(8-6-20)18-31-12-3-4-13-31;/h5-11,14-15H,3-4,12-13,16-18H2,1-2H3,(H2,27,29,30);1H. The maximum Gasteiger partial charge on any atom is 0.191 e. The van der Waals surface area contributed by atoms with E-state index in [0.29, 0.717) is 24.7 Å². The molecule has 0 amide bonds. The molecule has 0 atom stereocenters. The molecule has 0 bridgehead atoms. The summed E-state index contributed by atoms with van der Waals surface area (Å²) in [4.78, 5) is 10.9. The predicted octanol–water partition coefficient (Wildman–Crippen LogP) is 4.40. The number of aryl methyl sites for hydroxylation is 1. The zero-order chi connectivity index (χ0) is 22.3. The molecule has 2 aromatic carbocycles. The Kier molecular flexibility index (Phi) is 9.25. The lowest BCUT2D eigenvalue weighted by Gasteiger charge is -2.15. The SMILES string of the molecule is CN=C(NCc1ccc(CN2CCCC2)cc1)NCc1ccc(-n2ccnc2C)c(F)c1.I. The summed E-state index contributed by atoms with van der Waals surface area (Å²) in [7, 11) is 1.74. The number of nitrogens with zero attached hydrogens (tertiary/aromatic N) is 4. The van der Waals surface area contributed by atoms with Crippen LogP contribution in [0.5, 0.6) is 0 Å². The van der Waals surface area contributed by atoms with Crippen molar-refractivity contribution in [1.82, 2.24) is 25.1 Å². The Balaban J connectivity index is 0.00000306. The summed E-state index contributed by atoms with van der Waals surface area (Å²) in [6.45, 7) is 6.46. The molecule has 33 heavy (non-hydrogen) atoms. The summed E-state index contributed by atoms with van der Waals surface area (Å²) in [5, 5.41) is 6.58. The lowest BCUT2D eigenvalue weighted by molar-refractivity contribution is 0.331. The van der Waals surface area contributed by atoms with E-state index >= 15 is 0 Å². The summed E-state index contributed by atoms with van der Waals surface area (Å²) in [5.74, 6) is 1.16. The fourth-order valence-electron chi connectivity index (χ4n) is 4.04. The van der Waals surface area contributed by atoms with Gasteiger partial charge in [-0.15, -0.1) is 24.0 Å². The molecule has 176 valence electrons. The zero-order valence-electron chi connectivity index (χ0n) is 19.2. The van der Waals surface area contributed by atoms with E-state index in [9.17, 15) is 4.39 Å². The van der Waals surface area contributed by atoms with Crippen molar-refractivity contribution < 1.29 is 4.39 Å². The quantitative estimate of drug-likeness (QED) is 0.255. The van der Waals surface area contributed by atoms with Crippen molar-refractivity contribution in [3.8, 4) is 5.69 Å². The van der Waals surface area contributed by atoms with Gasteiger partial charge in [-0.3, -0.25) is 9.89 Å². The monoisotopic (exact) mass is 562 g/mol. The number of guanidine groups is 1. The minimum absolute atomic E-state index is 0. The maximum absolute atomic E-state index is 14.6. The fourth-order valence-corrected chi connectivity index (χ4v) is 4.04. The van der Waals surface area contributed by atoms with Gasteiger partial charge in [-0.25, -0.2) is 9.37 Å². The van der Waals surface area contributed by atoms with Gasteiger partial charge in [-0.1, -0.05) is 30.3 Å². The third kappa shape index (κ3) is 6.77. The molecule has 1 aromatic heterocycles. The summed E-state index contributed by atoms with van der Waals surface area (Å²) < 4.78 is 16.3. The van der Waals surface area contributed by atoms with Crippen LogP contribution in [0.15, 0.2) is 59.9 Å². The Bertz CT molecular complexity index is 1060. The molecule has 3 aromatic rings. The van der Waals surface area contributed by atoms with E-state index in [1.165, 1.54) is 37.1 Å². The van der Waals surface area contributed by atoms with Crippen LogP contribution in [0, 0.1) is 12.7 Å². The van der Waals surface area contributed by atoms with Gasteiger partial charge in [0.25, 0.3) is 0 Å². The van der Waals surface area contributed by atoms with Gasteiger partial charge < -0.3 is 15.2 Å². The molecule has 1 aliphatic heterocycles. The first-order chi connectivity index (χ1) is 15.6. The molecule has 0 spiro atoms. The van der Waals surface area contributed by atoms with Gasteiger partial charge in [0.2, 0.25) is 0 Å². The third-order valence-corrected chi connectivity index (χ3v) is 5.87. The third-order valence-electron chi connectivity index (χ3n) is 5.87. The first kappa shape index (κ1) is 25.2. The van der Waals surface area contributed by atoms with Crippen LogP contribution in [0.2, 0.25) is 0 Å². The molecule has 0 aliphatic carbocycles. The molecular formula is C25H32FIN6. The lowest BCUT2D eigenvalue weighted by atomic mass is 10.1. The molecule has 0 saturated carbocycles. The Labute approximate surface area is 212 Å². The molecule has 6 nitrogen and oxygen atoms in total. The van der Waals surface area contributed by atoms with Crippen molar-refractivity contribution >= 4 is 29.9 Å². The largest absolute Gasteiger partial charge is 0.352 e. The molecule has 8 heteroatoms. The molecule has 0 radical (unpaired) electrons. The lowest BCUT2D eigenvalue weighted by Crippen LogP contribution is -2.36. The van der Waals surface area contributed by atoms with Gasteiger partial charge in [-0.2, -0.15) is 0 Å². The molecule has 2 N–H and O–H groups in total. The van der Waals surface area contributed by atoms with E-state index in [1.807, 2.05) is 13.0 Å². The minimum Gasteiger partial charge on any atom is -0.352 e. The Hall–Kier alpha value is -2.46. The van der Waals surface area contributed by atoms with Crippen molar-refractivity contribution in [2.75, 3.05) is 20.1 Å². The van der Waals surface area contributed by atoms with Gasteiger partial charge in [0.1, 0.15) is 11.6 Å². The Morgan fingerprint density at radius 3 is 2.24 bits per heavy atom. The molecule has 1 fully saturated rings. The number of nitrogens with one attached hydrogen (secondary N) is 2. The van der Waals surface area contributed by atoms with E-state index in [4.69, 9.17) is 0 Å². The Morgan fingerprint density at radius 2 is 1.64 bits per heavy atom. The number of likely N-dealkylation sites (tertiary alicyclic amines) is 1. The van der Waals surface area contributed by atoms with E-state index in [0.717, 1.165) is 17.9 Å². The molecular weight excluding hydrogens is 530 g/mol. The van der Waals surface area contributed by atoms with Crippen LogP contribution in [0.4, 0.5) is 4.39 Å². The van der Waals surface area contributed by atoms with Gasteiger partial charge in [0, 0.05) is 39.1 Å². The first-order valence-corrected chi connectivity index (χ1v) is 11.2. The van der Waals surface area contributed by atoms with Crippen LogP contribution in [-0.4, -0.2) is 40.5 Å². The van der Waals surface area contributed by atoms with Gasteiger partial charge in [0.05, 0.1) is 5.69 Å². The van der Waals surface area contributed by atoms with Crippen LogP contribution < -0.4 is 10.6 Å². The van der Waals surface area contributed by atoms with Crippen LogP contribution in [0.25, 0.3) is 5.69 Å². The number of halogens is 2. The number of aliphatic imine (C=N–C) groups is 1. The number of hydrogen-bond donors (Lipinski definition) is 2. The fraction of sp³-hybridized carbons (Fsp3) is 0.360.